The average molecular weight is 425 g/mol. The Morgan fingerprint density at radius 1 is 0.968 bits per heavy atom. The summed E-state index contributed by atoms with van der Waals surface area (Å²) in [4.78, 5) is 29.0. The molecule has 4 rings (SSSR count). The number of nitrogens with zero attached hydrogens (tertiary/aromatic N) is 2. The van der Waals surface area contributed by atoms with Crippen molar-refractivity contribution in [2.45, 2.75) is 32.1 Å². The number of carbonyl (C=O) groups is 2. The maximum atomic E-state index is 13.9. The fraction of sp³-hybridized carbons (Fsp3) is 0.440. The van der Waals surface area contributed by atoms with Crippen LogP contribution in [-0.4, -0.2) is 54.4 Å². The highest BCUT2D eigenvalue weighted by molar-refractivity contribution is 5.94. The summed E-state index contributed by atoms with van der Waals surface area (Å²) in [6, 6.07) is 13.8. The number of piperidine rings is 1. The van der Waals surface area contributed by atoms with E-state index in [0.29, 0.717) is 36.6 Å². The van der Waals surface area contributed by atoms with Gasteiger partial charge < -0.3 is 14.5 Å². The summed E-state index contributed by atoms with van der Waals surface area (Å²) in [5, 5.41) is 0. The Kier molecular flexibility index (Phi) is 6.85. The molecule has 164 valence electrons. The molecule has 0 saturated carbocycles. The monoisotopic (exact) mass is 424 g/mol. The maximum absolute atomic E-state index is 13.9. The number of hydrogen-bond acceptors (Lipinski definition) is 3. The van der Waals surface area contributed by atoms with Crippen LogP contribution in [0.3, 0.4) is 0 Å². The Bertz CT molecular complexity index is 926. The van der Waals surface area contributed by atoms with E-state index in [2.05, 4.69) is 0 Å². The number of benzene rings is 2. The normalized spacial score (nSPS) is 18.8. The van der Waals surface area contributed by atoms with Crippen molar-refractivity contribution in [2.24, 2.45) is 5.92 Å². The van der Waals surface area contributed by atoms with Gasteiger partial charge in [-0.15, -0.1) is 0 Å². The summed E-state index contributed by atoms with van der Waals surface area (Å²) >= 11 is 0. The van der Waals surface area contributed by atoms with Crippen molar-refractivity contribution < 1.29 is 18.7 Å². The van der Waals surface area contributed by atoms with Crippen LogP contribution in [0.15, 0.2) is 48.5 Å². The fourth-order valence-corrected chi connectivity index (χ4v) is 4.38. The van der Waals surface area contributed by atoms with Gasteiger partial charge in [0.15, 0.2) is 0 Å². The third kappa shape index (κ3) is 5.43. The van der Waals surface area contributed by atoms with E-state index in [1.54, 1.807) is 18.2 Å². The second-order valence-electron chi connectivity index (χ2n) is 8.45. The summed E-state index contributed by atoms with van der Waals surface area (Å²) in [6.45, 7) is 3.44. The van der Waals surface area contributed by atoms with Gasteiger partial charge in [0.05, 0.1) is 13.0 Å². The van der Waals surface area contributed by atoms with E-state index in [-0.39, 0.29) is 30.0 Å². The van der Waals surface area contributed by atoms with E-state index in [4.69, 9.17) is 4.74 Å². The molecular weight excluding hydrogens is 395 g/mol. The summed E-state index contributed by atoms with van der Waals surface area (Å²) in [5.74, 6) is 0.575. The molecule has 31 heavy (non-hydrogen) atoms. The molecule has 2 heterocycles. The van der Waals surface area contributed by atoms with Gasteiger partial charge in [0.25, 0.3) is 5.91 Å². The number of rotatable bonds is 6. The summed E-state index contributed by atoms with van der Waals surface area (Å²) in [6.07, 6.45) is 4.10. The maximum Gasteiger partial charge on any atom is 0.253 e. The van der Waals surface area contributed by atoms with E-state index in [1.165, 1.54) is 6.07 Å². The number of amides is 2. The Hall–Kier alpha value is -2.89. The SMILES string of the molecule is O=C(Cc1ccccc1F)N1CCC[C@H](COc2cccc(C(=O)N3CCCC3)c2)C1. The van der Waals surface area contributed by atoms with Crippen LogP contribution in [0.5, 0.6) is 5.75 Å². The van der Waals surface area contributed by atoms with Crippen molar-refractivity contribution in [1.29, 1.82) is 0 Å². The van der Waals surface area contributed by atoms with Gasteiger partial charge in [-0.3, -0.25) is 9.59 Å². The molecule has 0 bridgehead atoms. The molecule has 6 heteroatoms. The van der Waals surface area contributed by atoms with Crippen molar-refractivity contribution in [3.63, 3.8) is 0 Å². The first-order valence-electron chi connectivity index (χ1n) is 11.1. The summed E-state index contributed by atoms with van der Waals surface area (Å²) in [5.41, 5.74) is 1.09. The minimum absolute atomic E-state index is 0.0481. The van der Waals surface area contributed by atoms with E-state index in [0.717, 1.165) is 38.8 Å². The van der Waals surface area contributed by atoms with Crippen LogP contribution in [0.25, 0.3) is 0 Å². The van der Waals surface area contributed by atoms with Crippen LogP contribution in [0.2, 0.25) is 0 Å². The molecule has 2 fully saturated rings. The Morgan fingerprint density at radius 2 is 1.74 bits per heavy atom. The van der Waals surface area contributed by atoms with Gasteiger partial charge in [0.1, 0.15) is 11.6 Å². The van der Waals surface area contributed by atoms with E-state index in [1.807, 2.05) is 34.1 Å². The lowest BCUT2D eigenvalue weighted by Crippen LogP contribution is -2.42. The third-order valence-corrected chi connectivity index (χ3v) is 6.13. The lowest BCUT2D eigenvalue weighted by molar-refractivity contribution is -0.132. The molecule has 2 aliphatic rings. The van der Waals surface area contributed by atoms with Gasteiger partial charge in [-0.2, -0.15) is 0 Å². The first kappa shape index (κ1) is 21.3. The topological polar surface area (TPSA) is 49.9 Å². The standard InChI is InChI=1S/C25H29FN2O3/c26-23-11-2-1-8-20(23)16-24(29)28-14-6-7-19(17-28)18-31-22-10-5-9-21(15-22)25(30)27-12-3-4-13-27/h1-2,5,8-11,15,19H,3-4,6-7,12-14,16-18H2/t19-/m0/s1. The number of halogens is 1. The van der Waals surface area contributed by atoms with Gasteiger partial charge in [0, 0.05) is 37.7 Å². The fourth-order valence-electron chi connectivity index (χ4n) is 4.38. The molecule has 0 radical (unpaired) electrons. The highest BCUT2D eigenvalue weighted by Gasteiger charge is 2.25. The van der Waals surface area contributed by atoms with Crippen LogP contribution in [-0.2, 0) is 11.2 Å². The van der Waals surface area contributed by atoms with E-state index in [9.17, 15) is 14.0 Å². The number of carbonyl (C=O) groups excluding carboxylic acids is 2. The zero-order valence-electron chi connectivity index (χ0n) is 17.8. The molecule has 0 spiro atoms. The smallest absolute Gasteiger partial charge is 0.253 e. The van der Waals surface area contributed by atoms with Gasteiger partial charge in [-0.1, -0.05) is 24.3 Å². The summed E-state index contributed by atoms with van der Waals surface area (Å²) < 4.78 is 19.9. The zero-order chi connectivity index (χ0) is 21.6. The highest BCUT2D eigenvalue weighted by atomic mass is 19.1. The minimum Gasteiger partial charge on any atom is -0.493 e. The average Bonchev–Trinajstić information content (AvgIpc) is 3.34. The summed E-state index contributed by atoms with van der Waals surface area (Å²) in [7, 11) is 0. The molecule has 0 N–H and O–H groups in total. The lowest BCUT2D eigenvalue weighted by Gasteiger charge is -2.32. The molecule has 1 atom stereocenters. The van der Waals surface area contributed by atoms with Crippen molar-refractivity contribution in [3.05, 3.63) is 65.5 Å². The molecule has 2 aliphatic heterocycles. The zero-order valence-corrected chi connectivity index (χ0v) is 17.8. The molecular formula is C25H29FN2O3. The van der Waals surface area contributed by atoms with Crippen molar-refractivity contribution in [2.75, 3.05) is 32.8 Å². The molecule has 0 aliphatic carbocycles. The predicted octanol–water partition coefficient (Wildman–Crippen LogP) is 3.92. The Labute approximate surface area is 182 Å². The van der Waals surface area contributed by atoms with Crippen LogP contribution < -0.4 is 4.74 Å². The highest BCUT2D eigenvalue weighted by Crippen LogP contribution is 2.22. The second kappa shape index (κ2) is 9.94. The van der Waals surface area contributed by atoms with Crippen molar-refractivity contribution in [3.8, 4) is 5.75 Å². The molecule has 2 saturated heterocycles. The molecule has 0 unspecified atom stereocenters. The molecule has 5 nitrogen and oxygen atoms in total. The quantitative estimate of drug-likeness (QED) is 0.706. The van der Waals surface area contributed by atoms with Gasteiger partial charge in [-0.25, -0.2) is 4.39 Å². The number of likely N-dealkylation sites (tertiary alicyclic amines) is 2. The van der Waals surface area contributed by atoms with Crippen molar-refractivity contribution in [1.82, 2.24) is 9.80 Å². The van der Waals surface area contributed by atoms with Gasteiger partial charge in [0.2, 0.25) is 5.91 Å². The van der Waals surface area contributed by atoms with Gasteiger partial charge >= 0.3 is 0 Å². The first-order chi connectivity index (χ1) is 15.1. The molecule has 0 aromatic heterocycles. The molecule has 2 aromatic rings. The van der Waals surface area contributed by atoms with Crippen LogP contribution in [0.1, 0.15) is 41.6 Å². The minimum atomic E-state index is -0.337. The van der Waals surface area contributed by atoms with E-state index >= 15 is 0 Å². The first-order valence-corrected chi connectivity index (χ1v) is 11.1. The molecule has 2 amide bonds. The molecule has 2 aromatic carbocycles. The van der Waals surface area contributed by atoms with Crippen LogP contribution >= 0.6 is 0 Å². The third-order valence-electron chi connectivity index (χ3n) is 6.13. The van der Waals surface area contributed by atoms with Crippen molar-refractivity contribution >= 4 is 11.8 Å². The Morgan fingerprint density at radius 3 is 2.55 bits per heavy atom. The van der Waals surface area contributed by atoms with Crippen LogP contribution in [0.4, 0.5) is 4.39 Å². The number of ether oxygens (including phenoxy) is 1. The second-order valence-corrected chi connectivity index (χ2v) is 8.45. The van der Waals surface area contributed by atoms with E-state index < -0.39 is 0 Å². The largest absolute Gasteiger partial charge is 0.493 e. The predicted molar refractivity (Wildman–Crippen MR) is 116 cm³/mol. The van der Waals surface area contributed by atoms with Gasteiger partial charge in [-0.05, 0) is 55.5 Å². The Balaban J connectivity index is 1.31. The lowest BCUT2D eigenvalue weighted by atomic mass is 9.98. The van der Waals surface area contributed by atoms with Crippen LogP contribution in [0, 0.1) is 11.7 Å². The number of hydrogen-bond donors (Lipinski definition) is 0.